The first-order chi connectivity index (χ1) is 15.6. The molecule has 1 aromatic carbocycles. The van der Waals surface area contributed by atoms with Crippen molar-refractivity contribution in [1.82, 2.24) is 19.9 Å². The van der Waals surface area contributed by atoms with E-state index in [1.54, 1.807) is 43.5 Å². The summed E-state index contributed by atoms with van der Waals surface area (Å²) < 4.78 is 10.5. The lowest BCUT2D eigenvalue weighted by atomic mass is 10.1. The summed E-state index contributed by atoms with van der Waals surface area (Å²) in [5, 5.41) is 3.49. The van der Waals surface area contributed by atoms with E-state index in [4.69, 9.17) is 9.15 Å². The van der Waals surface area contributed by atoms with Crippen molar-refractivity contribution in [3.8, 4) is 0 Å². The van der Waals surface area contributed by atoms with E-state index in [1.807, 2.05) is 4.90 Å². The van der Waals surface area contributed by atoms with Crippen LogP contribution in [-0.2, 0) is 4.74 Å². The Morgan fingerprint density at radius 2 is 2.09 bits per heavy atom. The van der Waals surface area contributed by atoms with Crippen LogP contribution in [0.15, 0.2) is 53.4 Å². The van der Waals surface area contributed by atoms with Gasteiger partial charge in [0.1, 0.15) is 11.3 Å². The van der Waals surface area contributed by atoms with Gasteiger partial charge in [-0.1, -0.05) is 0 Å². The van der Waals surface area contributed by atoms with Crippen molar-refractivity contribution in [3.05, 3.63) is 60.1 Å². The number of nitrogens with one attached hydrogen (secondary N) is 1. The predicted octanol–water partition coefficient (Wildman–Crippen LogP) is 3.13. The molecule has 1 N–H and O–H groups in total. The van der Waals surface area contributed by atoms with Gasteiger partial charge < -0.3 is 19.4 Å². The number of likely N-dealkylation sites (tertiary alicyclic amines) is 1. The molecule has 1 aliphatic heterocycles. The molecule has 0 aliphatic carbocycles. The number of ether oxygens (including phenoxy) is 1. The first-order valence-corrected chi connectivity index (χ1v) is 10.3. The Hall–Kier alpha value is -3.85. The molecule has 3 aromatic heterocycles. The van der Waals surface area contributed by atoms with Crippen LogP contribution >= 0.6 is 0 Å². The Morgan fingerprint density at radius 3 is 2.97 bits per heavy atom. The zero-order valence-corrected chi connectivity index (χ0v) is 17.4. The molecule has 0 spiro atoms. The normalized spacial score (nSPS) is 16.0. The van der Waals surface area contributed by atoms with Gasteiger partial charge in [0.25, 0.3) is 11.8 Å². The van der Waals surface area contributed by atoms with Crippen LogP contribution in [0.4, 0.5) is 5.82 Å². The van der Waals surface area contributed by atoms with Crippen LogP contribution in [0.2, 0.25) is 0 Å². The van der Waals surface area contributed by atoms with Gasteiger partial charge in [-0.15, -0.1) is 0 Å². The molecule has 5 rings (SSSR count). The molecule has 2 amide bonds. The number of anilines is 1. The first kappa shape index (κ1) is 20.1. The van der Waals surface area contributed by atoms with Crippen molar-refractivity contribution in [3.63, 3.8) is 0 Å². The van der Waals surface area contributed by atoms with E-state index in [0.717, 1.165) is 11.8 Å². The second-order valence-corrected chi connectivity index (χ2v) is 7.82. The number of hydrogen-bond acceptors (Lipinski definition) is 7. The Balaban J connectivity index is 1.31. The number of benzene rings is 1. The molecule has 1 saturated heterocycles. The number of rotatable bonds is 5. The molecule has 4 heterocycles. The van der Waals surface area contributed by atoms with Crippen LogP contribution in [0.1, 0.15) is 27.1 Å². The number of oxazole rings is 1. The lowest BCUT2D eigenvalue weighted by molar-refractivity contribution is 0.0775. The number of pyridine rings is 2. The number of methoxy groups -OCH3 is 1. The molecule has 162 valence electrons. The van der Waals surface area contributed by atoms with Gasteiger partial charge in [0.15, 0.2) is 17.6 Å². The SMILES string of the molecule is COCC1CCN(C(=O)c2cnc3nc(NC(=O)c4ccc5ncoc5c4)ccc3c2)C1. The largest absolute Gasteiger partial charge is 0.443 e. The Labute approximate surface area is 183 Å². The van der Waals surface area contributed by atoms with E-state index in [1.165, 1.54) is 12.6 Å². The van der Waals surface area contributed by atoms with Crippen molar-refractivity contribution >= 4 is 39.8 Å². The minimum atomic E-state index is -0.318. The number of nitrogens with zero attached hydrogens (tertiary/aromatic N) is 4. The van der Waals surface area contributed by atoms with Gasteiger partial charge in [-0.25, -0.2) is 15.0 Å². The maximum absolute atomic E-state index is 12.8. The van der Waals surface area contributed by atoms with E-state index >= 15 is 0 Å². The second kappa shape index (κ2) is 8.35. The van der Waals surface area contributed by atoms with E-state index in [-0.39, 0.29) is 11.8 Å². The molecule has 0 bridgehead atoms. The fraction of sp³-hybridized carbons (Fsp3) is 0.261. The molecule has 4 aromatic rings. The first-order valence-electron chi connectivity index (χ1n) is 10.3. The quantitative estimate of drug-likeness (QED) is 0.517. The van der Waals surface area contributed by atoms with Crippen LogP contribution < -0.4 is 5.32 Å². The monoisotopic (exact) mass is 431 g/mol. The smallest absolute Gasteiger partial charge is 0.256 e. The molecule has 0 radical (unpaired) electrons. The number of carbonyl (C=O) groups excluding carboxylic acids is 2. The number of hydrogen-bond donors (Lipinski definition) is 1. The third-order valence-corrected chi connectivity index (χ3v) is 5.60. The van der Waals surface area contributed by atoms with Crippen LogP contribution in [0.25, 0.3) is 22.1 Å². The molecule has 32 heavy (non-hydrogen) atoms. The molecule has 1 aliphatic rings. The summed E-state index contributed by atoms with van der Waals surface area (Å²) >= 11 is 0. The minimum absolute atomic E-state index is 0.0433. The summed E-state index contributed by atoms with van der Waals surface area (Å²) in [6, 6.07) is 10.3. The standard InChI is InChI=1S/C23H21N5O4/c1-31-12-14-6-7-28(11-14)23(30)17-8-15-3-5-20(26-21(15)24-10-17)27-22(29)16-2-4-18-19(9-16)32-13-25-18/h2-5,8-10,13-14H,6-7,11-12H2,1H3,(H,24,26,27,29). The van der Waals surface area contributed by atoms with Crippen molar-refractivity contribution in [2.45, 2.75) is 6.42 Å². The number of fused-ring (bicyclic) bond motifs is 2. The minimum Gasteiger partial charge on any atom is -0.443 e. The molecular formula is C23H21N5O4. The van der Waals surface area contributed by atoms with E-state index in [0.29, 0.717) is 59.3 Å². The Kier molecular flexibility index (Phi) is 5.24. The molecule has 1 unspecified atom stereocenters. The highest BCUT2D eigenvalue weighted by Gasteiger charge is 2.27. The zero-order chi connectivity index (χ0) is 22.1. The highest BCUT2D eigenvalue weighted by atomic mass is 16.5. The summed E-state index contributed by atoms with van der Waals surface area (Å²) in [6.45, 7) is 2.06. The second-order valence-electron chi connectivity index (χ2n) is 7.82. The lowest BCUT2D eigenvalue weighted by Crippen LogP contribution is -2.29. The third-order valence-electron chi connectivity index (χ3n) is 5.60. The third kappa shape index (κ3) is 3.90. The summed E-state index contributed by atoms with van der Waals surface area (Å²) in [4.78, 5) is 40.1. The summed E-state index contributed by atoms with van der Waals surface area (Å²) in [6.07, 6.45) is 3.81. The Morgan fingerprint density at radius 1 is 1.19 bits per heavy atom. The van der Waals surface area contributed by atoms with E-state index in [2.05, 4.69) is 20.3 Å². The van der Waals surface area contributed by atoms with Gasteiger partial charge in [0, 0.05) is 43.3 Å². The number of aromatic nitrogens is 3. The van der Waals surface area contributed by atoms with Crippen LogP contribution in [-0.4, -0.2) is 58.5 Å². The highest BCUT2D eigenvalue weighted by Crippen LogP contribution is 2.21. The van der Waals surface area contributed by atoms with Crippen LogP contribution in [0, 0.1) is 5.92 Å². The van der Waals surface area contributed by atoms with Gasteiger partial charge in [-0.05, 0) is 42.8 Å². The molecule has 9 heteroatoms. The zero-order valence-electron chi connectivity index (χ0n) is 17.4. The van der Waals surface area contributed by atoms with E-state index in [9.17, 15) is 9.59 Å². The van der Waals surface area contributed by atoms with Gasteiger partial charge >= 0.3 is 0 Å². The molecule has 9 nitrogen and oxygen atoms in total. The molecule has 1 fully saturated rings. The average Bonchev–Trinajstić information content (AvgIpc) is 3.47. The fourth-order valence-electron chi connectivity index (χ4n) is 3.95. The van der Waals surface area contributed by atoms with Gasteiger partial charge in [-0.3, -0.25) is 9.59 Å². The maximum atomic E-state index is 12.8. The summed E-state index contributed by atoms with van der Waals surface area (Å²) in [5.41, 5.74) is 2.62. The number of carbonyl (C=O) groups is 2. The van der Waals surface area contributed by atoms with Crippen LogP contribution in [0.5, 0.6) is 0 Å². The van der Waals surface area contributed by atoms with E-state index < -0.39 is 0 Å². The molecular weight excluding hydrogens is 410 g/mol. The highest BCUT2D eigenvalue weighted by molar-refractivity contribution is 6.05. The summed E-state index contributed by atoms with van der Waals surface area (Å²) in [7, 11) is 1.68. The maximum Gasteiger partial charge on any atom is 0.256 e. The van der Waals surface area contributed by atoms with Crippen molar-refractivity contribution in [2.24, 2.45) is 5.92 Å². The fourth-order valence-corrected chi connectivity index (χ4v) is 3.95. The van der Waals surface area contributed by atoms with Gasteiger partial charge in [0.05, 0.1) is 12.2 Å². The lowest BCUT2D eigenvalue weighted by Gasteiger charge is -2.16. The topological polar surface area (TPSA) is 110 Å². The van der Waals surface area contributed by atoms with Crippen molar-refractivity contribution in [1.29, 1.82) is 0 Å². The van der Waals surface area contributed by atoms with Gasteiger partial charge in [-0.2, -0.15) is 0 Å². The van der Waals surface area contributed by atoms with Gasteiger partial charge in [0.2, 0.25) is 0 Å². The average molecular weight is 431 g/mol. The van der Waals surface area contributed by atoms with Crippen LogP contribution in [0.3, 0.4) is 0 Å². The number of amides is 2. The molecule has 1 atom stereocenters. The van der Waals surface area contributed by atoms with Crippen molar-refractivity contribution in [2.75, 3.05) is 32.1 Å². The van der Waals surface area contributed by atoms with Crippen molar-refractivity contribution < 1.29 is 18.7 Å². The summed E-state index contributed by atoms with van der Waals surface area (Å²) in [5.74, 6) is 0.378. The molecule has 0 saturated carbocycles. The Bertz CT molecular complexity index is 1320. The predicted molar refractivity (Wildman–Crippen MR) is 117 cm³/mol.